The smallest absolute Gasteiger partial charge is 0.120 e. The van der Waals surface area contributed by atoms with Gasteiger partial charge < -0.3 is 19.9 Å². The summed E-state index contributed by atoms with van der Waals surface area (Å²) in [7, 11) is 1.65. The summed E-state index contributed by atoms with van der Waals surface area (Å²) in [4.78, 5) is 0. The summed E-state index contributed by atoms with van der Waals surface area (Å²) in [6.07, 6.45) is -0.539. The van der Waals surface area contributed by atoms with Crippen molar-refractivity contribution >= 4 is 26.7 Å². The van der Waals surface area contributed by atoms with Gasteiger partial charge in [0.2, 0.25) is 0 Å². The number of hydrogen-bond donors (Lipinski definition) is 2. The third-order valence-corrected chi connectivity index (χ3v) is 3.57. The molecule has 0 aromatic heterocycles. The van der Waals surface area contributed by atoms with Crippen molar-refractivity contribution in [3.05, 3.63) is 40.9 Å². The Morgan fingerprint density at radius 2 is 1.95 bits per heavy atom. The quantitative estimate of drug-likeness (QED) is 0.716. The number of methoxy groups -OCH3 is 1. The lowest BCUT2D eigenvalue weighted by Crippen LogP contribution is -2.33. The molecule has 2 aromatic carbocycles. The van der Waals surface area contributed by atoms with Gasteiger partial charge in [-0.15, -0.1) is 0 Å². The van der Waals surface area contributed by atoms with Crippen LogP contribution in [0.3, 0.4) is 0 Å². The van der Waals surface area contributed by atoms with E-state index in [2.05, 4.69) is 27.3 Å². The van der Waals surface area contributed by atoms with E-state index in [-0.39, 0.29) is 6.61 Å². The summed E-state index contributed by atoms with van der Waals surface area (Å²) >= 11 is 3.46. The molecule has 0 radical (unpaired) electrons. The van der Waals surface area contributed by atoms with Crippen LogP contribution in [-0.4, -0.2) is 44.6 Å². The monoisotopic (exact) mass is 353 g/mol. The highest BCUT2D eigenvalue weighted by Gasteiger charge is 2.05. The van der Waals surface area contributed by atoms with Crippen molar-refractivity contribution < 1.29 is 14.6 Å². The first-order chi connectivity index (χ1) is 10.2. The Bertz CT molecular complexity index is 576. The second-order valence-electron chi connectivity index (χ2n) is 4.82. The lowest BCUT2D eigenvalue weighted by Gasteiger charge is -2.13. The average Bonchev–Trinajstić information content (AvgIpc) is 2.49. The van der Waals surface area contributed by atoms with Crippen molar-refractivity contribution in [1.82, 2.24) is 5.32 Å². The number of fused-ring (bicyclic) bond motifs is 1. The average molecular weight is 354 g/mol. The molecule has 2 aromatic rings. The highest BCUT2D eigenvalue weighted by molar-refractivity contribution is 9.10. The van der Waals surface area contributed by atoms with Gasteiger partial charge in [-0.2, -0.15) is 0 Å². The van der Waals surface area contributed by atoms with Crippen molar-refractivity contribution in [1.29, 1.82) is 0 Å². The molecule has 0 aliphatic heterocycles. The number of aliphatic hydroxyl groups is 1. The Morgan fingerprint density at radius 3 is 2.76 bits per heavy atom. The van der Waals surface area contributed by atoms with Gasteiger partial charge in [-0.1, -0.05) is 28.1 Å². The van der Waals surface area contributed by atoms with Crippen LogP contribution < -0.4 is 10.1 Å². The normalized spacial score (nSPS) is 12.5. The summed E-state index contributed by atoms with van der Waals surface area (Å²) in [5, 5.41) is 15.2. The molecule has 0 saturated carbocycles. The van der Waals surface area contributed by atoms with Gasteiger partial charge in [-0.25, -0.2) is 0 Å². The third kappa shape index (κ3) is 5.28. The molecule has 2 N–H and O–H groups in total. The standard InChI is InChI=1S/C16H20BrNO3/c1-20-7-6-18-10-15(19)11-21-16-5-3-12-8-14(17)4-2-13(12)9-16/h2-5,8-9,15,18-19H,6-7,10-11H2,1H3. The van der Waals surface area contributed by atoms with Crippen LogP contribution in [0.1, 0.15) is 0 Å². The van der Waals surface area contributed by atoms with Crippen LogP contribution in [0.2, 0.25) is 0 Å². The first-order valence-corrected chi connectivity index (χ1v) is 7.68. The molecule has 0 heterocycles. The van der Waals surface area contributed by atoms with Gasteiger partial charge in [-0.3, -0.25) is 0 Å². The zero-order valence-corrected chi connectivity index (χ0v) is 13.6. The van der Waals surface area contributed by atoms with Gasteiger partial charge in [0.1, 0.15) is 18.5 Å². The number of hydrogen-bond acceptors (Lipinski definition) is 4. The fraction of sp³-hybridized carbons (Fsp3) is 0.375. The fourth-order valence-corrected chi connectivity index (χ4v) is 2.36. The second kappa shape index (κ2) is 8.34. The second-order valence-corrected chi connectivity index (χ2v) is 5.73. The summed E-state index contributed by atoms with van der Waals surface area (Å²) in [6.45, 7) is 2.11. The van der Waals surface area contributed by atoms with Gasteiger partial charge in [0.25, 0.3) is 0 Å². The van der Waals surface area contributed by atoms with Crippen molar-refractivity contribution in [2.75, 3.05) is 33.4 Å². The van der Waals surface area contributed by atoms with E-state index in [0.29, 0.717) is 13.2 Å². The molecule has 21 heavy (non-hydrogen) atoms. The van der Waals surface area contributed by atoms with Crippen LogP contribution in [-0.2, 0) is 4.74 Å². The molecule has 1 unspecified atom stereocenters. The van der Waals surface area contributed by atoms with Crippen molar-refractivity contribution in [3.63, 3.8) is 0 Å². The lowest BCUT2D eigenvalue weighted by atomic mass is 10.1. The molecule has 0 fully saturated rings. The van der Waals surface area contributed by atoms with Gasteiger partial charge in [0.05, 0.1) is 6.61 Å². The van der Waals surface area contributed by atoms with Gasteiger partial charge in [0, 0.05) is 24.7 Å². The van der Waals surface area contributed by atoms with E-state index >= 15 is 0 Å². The molecule has 0 saturated heterocycles. The minimum Gasteiger partial charge on any atom is -0.491 e. The number of benzene rings is 2. The molecule has 0 spiro atoms. The topological polar surface area (TPSA) is 50.7 Å². The minimum absolute atomic E-state index is 0.266. The van der Waals surface area contributed by atoms with Gasteiger partial charge >= 0.3 is 0 Å². The zero-order valence-electron chi connectivity index (χ0n) is 12.0. The lowest BCUT2D eigenvalue weighted by molar-refractivity contribution is 0.103. The molecule has 5 heteroatoms. The summed E-state index contributed by atoms with van der Waals surface area (Å²) in [6, 6.07) is 12.0. The van der Waals surface area contributed by atoms with E-state index < -0.39 is 6.10 Å². The predicted molar refractivity (Wildman–Crippen MR) is 87.9 cm³/mol. The van der Waals surface area contributed by atoms with E-state index in [0.717, 1.165) is 27.5 Å². The first kappa shape index (κ1) is 16.2. The predicted octanol–water partition coefficient (Wildman–Crippen LogP) is 2.58. The number of ether oxygens (including phenoxy) is 2. The van der Waals surface area contributed by atoms with Crippen LogP contribution in [0.25, 0.3) is 10.8 Å². The van der Waals surface area contributed by atoms with Crippen molar-refractivity contribution in [3.8, 4) is 5.75 Å². The molecule has 2 rings (SSSR count). The summed E-state index contributed by atoms with van der Waals surface area (Å²) in [5.41, 5.74) is 0. The Balaban J connectivity index is 1.84. The van der Waals surface area contributed by atoms with E-state index in [1.165, 1.54) is 0 Å². The molecule has 0 amide bonds. The van der Waals surface area contributed by atoms with E-state index in [4.69, 9.17) is 9.47 Å². The van der Waals surface area contributed by atoms with Gasteiger partial charge in [-0.05, 0) is 35.0 Å². The Hall–Kier alpha value is -1.14. The maximum Gasteiger partial charge on any atom is 0.120 e. The SMILES string of the molecule is COCCNCC(O)COc1ccc2cc(Br)ccc2c1. The number of rotatable bonds is 8. The highest BCUT2D eigenvalue weighted by Crippen LogP contribution is 2.24. The maximum atomic E-state index is 9.82. The minimum atomic E-state index is -0.539. The molecule has 0 aliphatic rings. The maximum absolute atomic E-state index is 9.82. The zero-order chi connectivity index (χ0) is 15.1. The van der Waals surface area contributed by atoms with E-state index in [9.17, 15) is 5.11 Å². The van der Waals surface area contributed by atoms with E-state index in [1.54, 1.807) is 7.11 Å². The number of halogens is 1. The van der Waals surface area contributed by atoms with E-state index in [1.807, 2.05) is 30.3 Å². The number of aliphatic hydroxyl groups excluding tert-OH is 1. The van der Waals surface area contributed by atoms with Crippen LogP contribution in [0.4, 0.5) is 0 Å². The fourth-order valence-electron chi connectivity index (χ4n) is 1.98. The molecule has 0 bridgehead atoms. The highest BCUT2D eigenvalue weighted by atomic mass is 79.9. The Morgan fingerprint density at radius 1 is 1.19 bits per heavy atom. The molecular weight excluding hydrogens is 334 g/mol. The third-order valence-electron chi connectivity index (χ3n) is 3.08. The largest absolute Gasteiger partial charge is 0.491 e. The van der Waals surface area contributed by atoms with Crippen LogP contribution in [0.15, 0.2) is 40.9 Å². The van der Waals surface area contributed by atoms with Gasteiger partial charge in [0.15, 0.2) is 0 Å². The molecule has 0 aliphatic carbocycles. The molecular formula is C16H20BrNO3. The number of nitrogens with one attached hydrogen (secondary N) is 1. The Kier molecular flexibility index (Phi) is 6.45. The van der Waals surface area contributed by atoms with Crippen LogP contribution in [0, 0.1) is 0 Å². The Labute approximate surface area is 133 Å². The van der Waals surface area contributed by atoms with Crippen LogP contribution >= 0.6 is 15.9 Å². The summed E-state index contributed by atoms with van der Waals surface area (Å²) < 4.78 is 11.6. The van der Waals surface area contributed by atoms with Crippen LogP contribution in [0.5, 0.6) is 5.75 Å². The summed E-state index contributed by atoms with van der Waals surface area (Å²) in [5.74, 6) is 0.765. The van der Waals surface area contributed by atoms with Crippen molar-refractivity contribution in [2.24, 2.45) is 0 Å². The first-order valence-electron chi connectivity index (χ1n) is 6.89. The molecule has 4 nitrogen and oxygen atoms in total. The molecule has 1 atom stereocenters. The molecule has 114 valence electrons. The van der Waals surface area contributed by atoms with Crippen molar-refractivity contribution in [2.45, 2.75) is 6.10 Å².